The average molecular weight is 210 g/mol. The fourth-order valence-corrected chi connectivity index (χ4v) is 3.18. The van der Waals surface area contributed by atoms with Crippen LogP contribution in [0.5, 0.6) is 0 Å². The average Bonchev–Trinajstić information content (AvgIpc) is 2.52. The maximum atomic E-state index is 11.1. The van der Waals surface area contributed by atoms with Gasteiger partial charge in [-0.05, 0) is 17.3 Å². The number of aliphatic carboxylic acids is 2. The van der Waals surface area contributed by atoms with E-state index < -0.39 is 23.8 Å². The molecule has 15 heavy (non-hydrogen) atoms. The molecule has 0 aromatic rings. The molecule has 0 aromatic carbocycles. The molecule has 0 aliphatic heterocycles. The van der Waals surface area contributed by atoms with Crippen molar-refractivity contribution in [3.63, 3.8) is 0 Å². The van der Waals surface area contributed by atoms with Crippen LogP contribution < -0.4 is 0 Å². The maximum Gasteiger partial charge on any atom is 0.308 e. The standard InChI is InChI=1S/C11H14O4/c1-11(2)5-3-4-6(11)8(10(14)15)7(5)9(12)13/h3-8H,1-2H3,(H,12,13)(H,14,15). The number of hydrogen-bond donors (Lipinski definition) is 2. The molecule has 0 aromatic heterocycles. The van der Waals surface area contributed by atoms with Gasteiger partial charge in [0.2, 0.25) is 0 Å². The summed E-state index contributed by atoms with van der Waals surface area (Å²) in [7, 11) is 0. The third kappa shape index (κ3) is 1.14. The van der Waals surface area contributed by atoms with E-state index in [0.717, 1.165) is 0 Å². The molecule has 0 amide bonds. The van der Waals surface area contributed by atoms with E-state index in [0.29, 0.717) is 0 Å². The normalized spacial score (nSPS) is 40.7. The lowest BCUT2D eigenvalue weighted by Gasteiger charge is -2.24. The molecule has 1 saturated carbocycles. The Hall–Kier alpha value is -1.32. The molecule has 2 aliphatic carbocycles. The van der Waals surface area contributed by atoms with Crippen molar-refractivity contribution >= 4 is 11.9 Å². The zero-order valence-corrected chi connectivity index (χ0v) is 8.68. The Balaban J connectivity index is 2.45. The Kier molecular flexibility index (Phi) is 1.93. The molecule has 0 radical (unpaired) electrons. The van der Waals surface area contributed by atoms with Crippen molar-refractivity contribution in [1.29, 1.82) is 0 Å². The van der Waals surface area contributed by atoms with E-state index >= 15 is 0 Å². The van der Waals surface area contributed by atoms with Gasteiger partial charge in [-0.25, -0.2) is 0 Å². The SMILES string of the molecule is CC1(C)C2C=CC1C(C(=O)O)C2C(=O)O. The van der Waals surface area contributed by atoms with Crippen molar-refractivity contribution < 1.29 is 19.8 Å². The molecular weight excluding hydrogens is 196 g/mol. The number of carbonyl (C=O) groups is 2. The van der Waals surface area contributed by atoms with Gasteiger partial charge in [0.05, 0.1) is 11.8 Å². The van der Waals surface area contributed by atoms with Gasteiger partial charge in [-0.2, -0.15) is 0 Å². The van der Waals surface area contributed by atoms with Crippen LogP contribution in [0, 0.1) is 29.1 Å². The predicted molar refractivity (Wildman–Crippen MR) is 52.2 cm³/mol. The maximum absolute atomic E-state index is 11.1. The van der Waals surface area contributed by atoms with E-state index in [1.165, 1.54) is 0 Å². The lowest BCUT2D eigenvalue weighted by Crippen LogP contribution is -2.32. The van der Waals surface area contributed by atoms with Crippen molar-refractivity contribution in [1.82, 2.24) is 0 Å². The lowest BCUT2D eigenvalue weighted by atomic mass is 9.79. The van der Waals surface area contributed by atoms with E-state index in [1.54, 1.807) is 0 Å². The highest BCUT2D eigenvalue weighted by Gasteiger charge is 2.61. The van der Waals surface area contributed by atoms with Crippen LogP contribution >= 0.6 is 0 Å². The Labute approximate surface area is 87.6 Å². The smallest absolute Gasteiger partial charge is 0.308 e. The largest absolute Gasteiger partial charge is 0.481 e. The highest BCUT2D eigenvalue weighted by atomic mass is 16.4. The first kappa shape index (κ1) is 10.2. The van der Waals surface area contributed by atoms with Crippen LogP contribution in [0.2, 0.25) is 0 Å². The summed E-state index contributed by atoms with van der Waals surface area (Å²) in [4.78, 5) is 22.2. The summed E-state index contributed by atoms with van der Waals surface area (Å²) >= 11 is 0. The van der Waals surface area contributed by atoms with E-state index in [4.69, 9.17) is 10.2 Å². The number of hydrogen-bond acceptors (Lipinski definition) is 2. The van der Waals surface area contributed by atoms with E-state index in [1.807, 2.05) is 26.0 Å². The zero-order valence-electron chi connectivity index (χ0n) is 8.68. The Morgan fingerprint density at radius 3 is 1.60 bits per heavy atom. The second kappa shape index (κ2) is 2.84. The first-order chi connectivity index (χ1) is 6.87. The number of allylic oxidation sites excluding steroid dienone is 2. The van der Waals surface area contributed by atoms with E-state index in [2.05, 4.69) is 0 Å². The van der Waals surface area contributed by atoms with Crippen LogP contribution in [-0.4, -0.2) is 22.2 Å². The first-order valence-electron chi connectivity index (χ1n) is 5.01. The van der Waals surface area contributed by atoms with Crippen LogP contribution in [0.4, 0.5) is 0 Å². The van der Waals surface area contributed by atoms with Gasteiger partial charge in [-0.15, -0.1) is 0 Å². The minimum absolute atomic E-state index is 0.152. The molecular formula is C11H14O4. The minimum Gasteiger partial charge on any atom is -0.481 e. The molecule has 4 unspecified atom stereocenters. The number of rotatable bonds is 2. The molecule has 4 atom stereocenters. The molecule has 2 N–H and O–H groups in total. The van der Waals surface area contributed by atoms with Crippen molar-refractivity contribution in [3.8, 4) is 0 Å². The highest BCUT2D eigenvalue weighted by Crippen LogP contribution is 2.59. The summed E-state index contributed by atoms with van der Waals surface area (Å²) in [5.41, 5.74) is -0.244. The molecule has 4 nitrogen and oxygen atoms in total. The minimum atomic E-state index is -0.993. The van der Waals surface area contributed by atoms with Crippen molar-refractivity contribution in [2.24, 2.45) is 29.1 Å². The summed E-state index contributed by atoms with van der Waals surface area (Å²) in [6, 6.07) is 0. The quantitative estimate of drug-likeness (QED) is 0.672. The first-order valence-corrected chi connectivity index (χ1v) is 5.01. The summed E-state index contributed by atoms with van der Waals surface area (Å²) in [6.45, 7) is 3.89. The highest BCUT2D eigenvalue weighted by molar-refractivity contribution is 5.83. The van der Waals surface area contributed by atoms with E-state index in [9.17, 15) is 9.59 Å². The van der Waals surface area contributed by atoms with Gasteiger partial charge < -0.3 is 10.2 Å². The van der Waals surface area contributed by atoms with Crippen molar-refractivity contribution in [3.05, 3.63) is 12.2 Å². The molecule has 2 aliphatic rings. The second-order valence-electron chi connectivity index (χ2n) is 4.99. The third-order valence-electron chi connectivity index (χ3n) is 3.98. The summed E-state index contributed by atoms with van der Waals surface area (Å²) in [6.07, 6.45) is 3.73. The topological polar surface area (TPSA) is 74.6 Å². The summed E-state index contributed by atoms with van der Waals surface area (Å²) in [5, 5.41) is 18.2. The Morgan fingerprint density at radius 1 is 1.00 bits per heavy atom. The Morgan fingerprint density at radius 2 is 1.33 bits per heavy atom. The molecule has 2 rings (SSSR count). The van der Waals surface area contributed by atoms with Crippen LogP contribution in [-0.2, 0) is 9.59 Å². The van der Waals surface area contributed by atoms with Gasteiger partial charge in [0.1, 0.15) is 0 Å². The molecule has 1 fully saturated rings. The van der Waals surface area contributed by atoms with E-state index in [-0.39, 0.29) is 17.3 Å². The van der Waals surface area contributed by atoms with Crippen molar-refractivity contribution in [2.45, 2.75) is 13.8 Å². The molecule has 0 saturated heterocycles. The van der Waals surface area contributed by atoms with Crippen LogP contribution in [0.3, 0.4) is 0 Å². The third-order valence-corrected chi connectivity index (χ3v) is 3.98. The monoisotopic (exact) mass is 210 g/mol. The fourth-order valence-electron chi connectivity index (χ4n) is 3.18. The molecule has 0 spiro atoms. The lowest BCUT2D eigenvalue weighted by molar-refractivity contribution is -0.154. The van der Waals surface area contributed by atoms with Crippen LogP contribution in [0.15, 0.2) is 12.2 Å². The number of carboxylic acid groups (broad SMARTS) is 2. The van der Waals surface area contributed by atoms with Crippen LogP contribution in [0.25, 0.3) is 0 Å². The number of fused-ring (bicyclic) bond motifs is 2. The molecule has 0 heterocycles. The number of carboxylic acids is 2. The van der Waals surface area contributed by atoms with Gasteiger partial charge >= 0.3 is 11.9 Å². The van der Waals surface area contributed by atoms with Gasteiger partial charge in [0.25, 0.3) is 0 Å². The predicted octanol–water partition coefficient (Wildman–Crippen LogP) is 1.23. The molecule has 82 valence electrons. The Bertz CT molecular complexity index is 324. The van der Waals surface area contributed by atoms with Crippen LogP contribution in [0.1, 0.15) is 13.8 Å². The van der Waals surface area contributed by atoms with Crippen molar-refractivity contribution in [2.75, 3.05) is 0 Å². The van der Waals surface area contributed by atoms with Gasteiger partial charge in [0.15, 0.2) is 0 Å². The van der Waals surface area contributed by atoms with Gasteiger partial charge in [-0.1, -0.05) is 26.0 Å². The fraction of sp³-hybridized carbons (Fsp3) is 0.636. The molecule has 2 bridgehead atoms. The second-order valence-corrected chi connectivity index (χ2v) is 4.99. The zero-order chi connectivity index (χ0) is 11.4. The van der Waals surface area contributed by atoms with Gasteiger partial charge in [-0.3, -0.25) is 9.59 Å². The molecule has 4 heteroatoms. The summed E-state index contributed by atoms with van der Waals surface area (Å²) < 4.78 is 0. The summed E-state index contributed by atoms with van der Waals surface area (Å²) in [5.74, 6) is -3.83. The van der Waals surface area contributed by atoms with Gasteiger partial charge in [0, 0.05) is 0 Å².